The molecule has 3 aromatic rings. The van der Waals surface area contributed by atoms with Gasteiger partial charge in [-0.3, -0.25) is 9.59 Å². The summed E-state index contributed by atoms with van der Waals surface area (Å²) in [6.45, 7) is 0. The normalized spacial score (nSPS) is 17.0. The van der Waals surface area contributed by atoms with Gasteiger partial charge in [0.1, 0.15) is 5.75 Å². The minimum Gasteiger partial charge on any atom is -0.497 e. The number of carbonyl (C=O) groups excluding carboxylic acids is 2. The van der Waals surface area contributed by atoms with E-state index in [9.17, 15) is 9.59 Å². The zero-order valence-electron chi connectivity index (χ0n) is 14.0. The highest BCUT2D eigenvalue weighted by Crippen LogP contribution is 2.36. The van der Waals surface area contributed by atoms with E-state index in [1.54, 1.807) is 19.2 Å². The second-order valence-corrected chi connectivity index (χ2v) is 6.87. The minimum atomic E-state index is -0.673. The molecule has 1 unspecified atom stereocenters. The Morgan fingerprint density at radius 3 is 2.62 bits per heavy atom. The Balaban J connectivity index is 1.65. The van der Waals surface area contributed by atoms with E-state index in [1.165, 1.54) is 4.90 Å². The summed E-state index contributed by atoms with van der Waals surface area (Å²) in [6.07, 6.45) is 0. The van der Waals surface area contributed by atoms with Crippen molar-refractivity contribution >= 4 is 45.1 Å². The summed E-state index contributed by atoms with van der Waals surface area (Å²) in [4.78, 5) is 26.7. The molecule has 1 atom stereocenters. The van der Waals surface area contributed by atoms with Crippen molar-refractivity contribution < 1.29 is 14.3 Å². The van der Waals surface area contributed by atoms with Crippen LogP contribution in [0.3, 0.4) is 0 Å². The lowest BCUT2D eigenvalue weighted by molar-refractivity contribution is -0.116. The average molecular weight is 364 g/mol. The fourth-order valence-electron chi connectivity index (χ4n) is 2.99. The van der Waals surface area contributed by atoms with Crippen LogP contribution in [0.25, 0.3) is 10.8 Å². The molecule has 1 aliphatic rings. The molecule has 26 heavy (non-hydrogen) atoms. The summed E-state index contributed by atoms with van der Waals surface area (Å²) in [6, 6.07) is 20.6. The number of thioether (sulfide) groups is 1. The van der Waals surface area contributed by atoms with Crippen LogP contribution in [0.2, 0.25) is 0 Å². The molecule has 0 saturated carbocycles. The summed E-state index contributed by atoms with van der Waals surface area (Å²) in [5.41, 5.74) is 1.34. The Labute approximate surface area is 154 Å². The van der Waals surface area contributed by atoms with Gasteiger partial charge in [0.05, 0.1) is 12.8 Å². The van der Waals surface area contributed by atoms with Gasteiger partial charge in [0, 0.05) is 17.1 Å². The third-order valence-electron chi connectivity index (χ3n) is 4.22. The van der Waals surface area contributed by atoms with Gasteiger partial charge in [0.2, 0.25) is 0 Å². The minimum absolute atomic E-state index is 0.279. The first kappa shape index (κ1) is 16.5. The molecule has 0 radical (unpaired) electrons. The van der Waals surface area contributed by atoms with Crippen molar-refractivity contribution in [1.82, 2.24) is 0 Å². The number of fused-ring (bicyclic) bond motifs is 1. The van der Waals surface area contributed by atoms with Crippen LogP contribution >= 0.6 is 11.8 Å². The summed E-state index contributed by atoms with van der Waals surface area (Å²) in [5, 5.41) is 4.02. The van der Waals surface area contributed by atoms with Crippen LogP contribution in [-0.4, -0.2) is 23.6 Å². The standard InChI is InChI=1S/C20H16N2O3S/c1-25-15-9-5-8-14(12-15)21-18-19(23)22(20(24)26-18)17-11-4-7-13-6-2-3-10-16(13)17/h2-12,18,21H,1H3. The number of nitrogens with zero attached hydrogens (tertiary/aromatic N) is 1. The Bertz CT molecular complexity index is 1000. The predicted octanol–water partition coefficient (Wildman–Crippen LogP) is 4.49. The first-order valence-corrected chi connectivity index (χ1v) is 8.98. The molecule has 0 bridgehead atoms. The molecule has 2 amide bonds. The smallest absolute Gasteiger partial charge is 0.295 e. The van der Waals surface area contributed by atoms with Crippen LogP contribution in [0.15, 0.2) is 66.7 Å². The monoisotopic (exact) mass is 364 g/mol. The number of carbonyl (C=O) groups is 2. The highest BCUT2D eigenvalue weighted by atomic mass is 32.2. The lowest BCUT2D eigenvalue weighted by atomic mass is 10.1. The molecule has 3 aromatic carbocycles. The number of imide groups is 1. The van der Waals surface area contributed by atoms with E-state index in [1.807, 2.05) is 54.6 Å². The molecular weight excluding hydrogens is 348 g/mol. The third kappa shape index (κ3) is 2.88. The number of methoxy groups -OCH3 is 1. The van der Waals surface area contributed by atoms with Crippen molar-refractivity contribution in [2.45, 2.75) is 5.37 Å². The Morgan fingerprint density at radius 1 is 1.00 bits per heavy atom. The molecule has 0 spiro atoms. The zero-order chi connectivity index (χ0) is 18.1. The molecule has 1 saturated heterocycles. The van der Waals surface area contributed by atoms with Crippen molar-refractivity contribution in [2.24, 2.45) is 0 Å². The SMILES string of the molecule is COc1cccc(NC2SC(=O)N(c3cccc4ccccc34)C2=O)c1. The molecule has 5 nitrogen and oxygen atoms in total. The third-order valence-corrected chi connectivity index (χ3v) is 5.16. The number of rotatable bonds is 4. The topological polar surface area (TPSA) is 58.6 Å². The van der Waals surface area contributed by atoms with Crippen LogP contribution in [-0.2, 0) is 4.79 Å². The maximum Gasteiger partial charge on any atom is 0.295 e. The van der Waals surface area contributed by atoms with Gasteiger partial charge >= 0.3 is 0 Å². The van der Waals surface area contributed by atoms with Gasteiger partial charge in [-0.1, -0.05) is 42.5 Å². The second-order valence-electron chi connectivity index (χ2n) is 5.81. The van der Waals surface area contributed by atoms with Gasteiger partial charge in [-0.15, -0.1) is 0 Å². The van der Waals surface area contributed by atoms with Gasteiger partial charge in [-0.25, -0.2) is 4.90 Å². The van der Waals surface area contributed by atoms with Crippen LogP contribution in [0, 0.1) is 0 Å². The predicted molar refractivity (Wildman–Crippen MR) is 105 cm³/mol. The molecule has 130 valence electrons. The number of anilines is 2. The van der Waals surface area contributed by atoms with Crippen LogP contribution < -0.4 is 15.0 Å². The van der Waals surface area contributed by atoms with Gasteiger partial charge in [-0.2, -0.15) is 0 Å². The molecular formula is C20H16N2O3S. The Kier molecular flexibility index (Phi) is 4.26. The van der Waals surface area contributed by atoms with E-state index in [0.29, 0.717) is 11.4 Å². The maximum absolute atomic E-state index is 12.9. The molecule has 1 N–H and O–H groups in total. The highest BCUT2D eigenvalue weighted by Gasteiger charge is 2.41. The quantitative estimate of drug-likeness (QED) is 0.739. The Hall–Kier alpha value is -2.99. The first-order chi connectivity index (χ1) is 12.7. The van der Waals surface area contributed by atoms with Crippen molar-refractivity contribution in [3.63, 3.8) is 0 Å². The summed E-state index contributed by atoms with van der Waals surface area (Å²) in [7, 11) is 1.58. The van der Waals surface area contributed by atoms with Gasteiger partial charge in [0.25, 0.3) is 11.1 Å². The Morgan fingerprint density at radius 2 is 1.77 bits per heavy atom. The lowest BCUT2D eigenvalue weighted by Crippen LogP contribution is -2.34. The average Bonchev–Trinajstić information content (AvgIpc) is 2.94. The molecule has 0 aromatic heterocycles. The fourth-order valence-corrected chi connectivity index (χ4v) is 3.88. The first-order valence-electron chi connectivity index (χ1n) is 8.10. The van der Waals surface area contributed by atoms with E-state index in [2.05, 4.69) is 5.32 Å². The van der Waals surface area contributed by atoms with Gasteiger partial charge < -0.3 is 10.1 Å². The zero-order valence-corrected chi connectivity index (χ0v) is 14.8. The van der Waals surface area contributed by atoms with Crippen molar-refractivity contribution in [1.29, 1.82) is 0 Å². The van der Waals surface area contributed by atoms with E-state index in [-0.39, 0.29) is 11.1 Å². The number of hydrogen-bond acceptors (Lipinski definition) is 5. The lowest BCUT2D eigenvalue weighted by Gasteiger charge is -2.17. The summed E-state index contributed by atoms with van der Waals surface area (Å²) in [5.74, 6) is 0.404. The number of ether oxygens (including phenoxy) is 1. The van der Waals surface area contributed by atoms with E-state index < -0.39 is 5.37 Å². The molecule has 1 aliphatic heterocycles. The number of amides is 2. The molecule has 1 heterocycles. The number of hydrogen-bond donors (Lipinski definition) is 1. The molecule has 0 aliphatic carbocycles. The number of nitrogens with one attached hydrogen (secondary N) is 1. The van der Waals surface area contributed by atoms with Crippen molar-refractivity contribution in [2.75, 3.05) is 17.3 Å². The van der Waals surface area contributed by atoms with Crippen molar-refractivity contribution in [3.8, 4) is 5.75 Å². The maximum atomic E-state index is 12.9. The van der Waals surface area contributed by atoms with Gasteiger partial charge in [-0.05, 0) is 35.3 Å². The molecule has 6 heteroatoms. The van der Waals surface area contributed by atoms with Crippen molar-refractivity contribution in [3.05, 3.63) is 66.7 Å². The second kappa shape index (κ2) is 6.72. The van der Waals surface area contributed by atoms with E-state index >= 15 is 0 Å². The largest absolute Gasteiger partial charge is 0.497 e. The van der Waals surface area contributed by atoms with Gasteiger partial charge in [0.15, 0.2) is 5.37 Å². The van der Waals surface area contributed by atoms with E-state index in [4.69, 9.17) is 4.74 Å². The number of benzene rings is 3. The van der Waals surface area contributed by atoms with Crippen LogP contribution in [0.1, 0.15) is 0 Å². The molecule has 1 fully saturated rings. The highest BCUT2D eigenvalue weighted by molar-refractivity contribution is 8.16. The fraction of sp³-hybridized carbons (Fsp3) is 0.100. The van der Waals surface area contributed by atoms with Crippen LogP contribution in [0.5, 0.6) is 5.75 Å². The molecule has 4 rings (SSSR count). The summed E-state index contributed by atoms with van der Waals surface area (Å²) >= 11 is 0.979. The summed E-state index contributed by atoms with van der Waals surface area (Å²) < 4.78 is 5.20. The van der Waals surface area contributed by atoms with E-state index in [0.717, 1.165) is 28.2 Å². The van der Waals surface area contributed by atoms with Crippen LogP contribution in [0.4, 0.5) is 16.2 Å².